The van der Waals surface area contributed by atoms with Gasteiger partial charge < -0.3 is 10.1 Å². The van der Waals surface area contributed by atoms with Gasteiger partial charge in [0.15, 0.2) is 11.6 Å². The third-order valence-electron chi connectivity index (χ3n) is 3.38. The Morgan fingerprint density at radius 3 is 2.29 bits per heavy atom. The van der Waals surface area contributed by atoms with Gasteiger partial charge in [-0.1, -0.05) is 13.8 Å². The average Bonchev–Trinajstić information content (AvgIpc) is 2.56. The average molecular weight is 351 g/mol. The summed E-state index contributed by atoms with van der Waals surface area (Å²) in [5, 5.41) is 2.40. The molecule has 6 heteroatoms. The van der Waals surface area contributed by atoms with E-state index in [9.17, 15) is 13.6 Å². The van der Waals surface area contributed by atoms with Gasteiger partial charge in [-0.3, -0.25) is 4.79 Å². The molecule has 2 aromatic rings. The normalized spacial score (nSPS) is 12.1. The highest BCUT2D eigenvalue weighted by molar-refractivity contribution is 8.00. The van der Waals surface area contributed by atoms with Crippen LogP contribution in [0.25, 0.3) is 0 Å². The fourth-order valence-electron chi connectivity index (χ4n) is 2.08. The van der Waals surface area contributed by atoms with Crippen molar-refractivity contribution in [3.05, 3.63) is 54.1 Å². The largest absolute Gasteiger partial charge is 0.497 e. The second-order valence-corrected chi connectivity index (χ2v) is 6.79. The summed E-state index contributed by atoms with van der Waals surface area (Å²) in [6, 6.07) is 10.6. The van der Waals surface area contributed by atoms with Crippen LogP contribution in [0.1, 0.15) is 13.8 Å². The zero-order valence-corrected chi connectivity index (χ0v) is 14.5. The van der Waals surface area contributed by atoms with Crippen LogP contribution in [0.3, 0.4) is 0 Å². The maximum Gasteiger partial charge on any atom is 0.238 e. The van der Waals surface area contributed by atoms with Gasteiger partial charge in [-0.2, -0.15) is 0 Å². The van der Waals surface area contributed by atoms with Crippen LogP contribution in [0, 0.1) is 17.6 Å². The van der Waals surface area contributed by atoms with E-state index in [4.69, 9.17) is 4.74 Å². The molecule has 0 aromatic heterocycles. The number of benzene rings is 2. The molecule has 1 amide bonds. The minimum absolute atomic E-state index is 0.0152. The summed E-state index contributed by atoms with van der Waals surface area (Å²) >= 11 is 1.21. The standard InChI is InChI=1S/C18H19F2NO2S/c1-11(2)17(24-14-8-9-15(19)16(20)10-14)18(22)21-12-4-6-13(23-3)7-5-12/h4-11,17H,1-3H3,(H,21,22). The lowest BCUT2D eigenvalue weighted by atomic mass is 10.1. The van der Waals surface area contributed by atoms with Crippen molar-refractivity contribution in [1.82, 2.24) is 0 Å². The molecular formula is C18H19F2NO2S. The lowest BCUT2D eigenvalue weighted by Gasteiger charge is -2.20. The van der Waals surface area contributed by atoms with Crippen LogP contribution < -0.4 is 10.1 Å². The number of carbonyl (C=O) groups excluding carboxylic acids is 1. The number of hydrogen-bond donors (Lipinski definition) is 1. The molecule has 0 heterocycles. The third-order valence-corrected chi connectivity index (χ3v) is 4.91. The number of halogens is 2. The number of anilines is 1. The van der Waals surface area contributed by atoms with Crippen molar-refractivity contribution in [1.29, 1.82) is 0 Å². The smallest absolute Gasteiger partial charge is 0.238 e. The molecule has 3 nitrogen and oxygen atoms in total. The van der Waals surface area contributed by atoms with E-state index >= 15 is 0 Å². The highest BCUT2D eigenvalue weighted by Crippen LogP contribution is 2.30. The molecule has 1 atom stereocenters. The van der Waals surface area contributed by atoms with E-state index in [0.29, 0.717) is 16.3 Å². The summed E-state index contributed by atoms with van der Waals surface area (Å²) in [4.78, 5) is 13.0. The molecule has 24 heavy (non-hydrogen) atoms. The molecule has 0 aliphatic rings. The van der Waals surface area contributed by atoms with Crippen LogP contribution in [0.15, 0.2) is 47.4 Å². The number of carbonyl (C=O) groups is 1. The Hall–Kier alpha value is -2.08. The molecule has 0 saturated heterocycles. The number of thioether (sulfide) groups is 1. The van der Waals surface area contributed by atoms with Gasteiger partial charge in [0.05, 0.1) is 12.4 Å². The molecule has 2 rings (SSSR count). The van der Waals surface area contributed by atoms with Crippen LogP contribution in [-0.4, -0.2) is 18.3 Å². The third kappa shape index (κ3) is 4.71. The number of nitrogens with one attached hydrogen (secondary N) is 1. The monoisotopic (exact) mass is 351 g/mol. The van der Waals surface area contributed by atoms with Gasteiger partial charge in [0.1, 0.15) is 5.75 Å². The van der Waals surface area contributed by atoms with Crippen molar-refractivity contribution >= 4 is 23.4 Å². The van der Waals surface area contributed by atoms with Crippen molar-refractivity contribution in [2.24, 2.45) is 5.92 Å². The van der Waals surface area contributed by atoms with Gasteiger partial charge in [0.25, 0.3) is 0 Å². The highest BCUT2D eigenvalue weighted by atomic mass is 32.2. The van der Waals surface area contributed by atoms with Crippen molar-refractivity contribution in [2.45, 2.75) is 24.0 Å². The molecule has 1 N–H and O–H groups in total. The zero-order chi connectivity index (χ0) is 17.7. The summed E-state index contributed by atoms with van der Waals surface area (Å²) in [5.41, 5.74) is 0.650. The Labute approximate surface area is 144 Å². The zero-order valence-electron chi connectivity index (χ0n) is 13.7. The lowest BCUT2D eigenvalue weighted by molar-refractivity contribution is -0.116. The van der Waals surface area contributed by atoms with Gasteiger partial charge in [-0.05, 0) is 48.4 Å². The Morgan fingerprint density at radius 1 is 1.08 bits per heavy atom. The lowest BCUT2D eigenvalue weighted by Crippen LogP contribution is -2.29. The maximum absolute atomic E-state index is 13.3. The summed E-state index contributed by atoms with van der Waals surface area (Å²) < 4.78 is 31.5. The van der Waals surface area contributed by atoms with Crippen molar-refractivity contribution < 1.29 is 18.3 Å². The van der Waals surface area contributed by atoms with E-state index in [-0.39, 0.29) is 11.8 Å². The summed E-state index contributed by atoms with van der Waals surface area (Å²) in [5.74, 6) is -1.29. The van der Waals surface area contributed by atoms with E-state index < -0.39 is 16.9 Å². The van der Waals surface area contributed by atoms with E-state index in [1.165, 1.54) is 17.8 Å². The minimum atomic E-state index is -0.918. The Balaban J connectivity index is 2.10. The molecule has 0 spiro atoms. The molecular weight excluding hydrogens is 332 g/mol. The molecule has 0 aliphatic heterocycles. The Kier molecular flexibility index (Phi) is 6.20. The summed E-state index contributed by atoms with van der Waals surface area (Å²) in [6.07, 6.45) is 0. The fraction of sp³-hybridized carbons (Fsp3) is 0.278. The molecule has 0 aliphatic carbocycles. The molecule has 0 bridgehead atoms. The maximum atomic E-state index is 13.3. The van der Waals surface area contributed by atoms with Crippen molar-refractivity contribution in [3.8, 4) is 5.75 Å². The number of ether oxygens (including phenoxy) is 1. The molecule has 1 unspecified atom stereocenters. The first-order chi connectivity index (χ1) is 11.4. The Morgan fingerprint density at radius 2 is 1.75 bits per heavy atom. The van der Waals surface area contributed by atoms with E-state index in [1.54, 1.807) is 31.4 Å². The topological polar surface area (TPSA) is 38.3 Å². The van der Waals surface area contributed by atoms with Gasteiger partial charge in [-0.25, -0.2) is 8.78 Å². The summed E-state index contributed by atoms with van der Waals surface area (Å²) in [7, 11) is 1.57. The molecule has 128 valence electrons. The van der Waals surface area contributed by atoms with Crippen LogP contribution in [0.2, 0.25) is 0 Å². The molecule has 0 saturated carbocycles. The van der Waals surface area contributed by atoms with Gasteiger partial charge in [0, 0.05) is 10.6 Å². The number of methoxy groups -OCH3 is 1. The van der Waals surface area contributed by atoms with Crippen molar-refractivity contribution in [3.63, 3.8) is 0 Å². The number of amides is 1. The quantitative estimate of drug-likeness (QED) is 0.765. The first-order valence-corrected chi connectivity index (χ1v) is 8.35. The van der Waals surface area contributed by atoms with Gasteiger partial charge in [-0.15, -0.1) is 11.8 Å². The minimum Gasteiger partial charge on any atom is -0.497 e. The predicted octanol–water partition coefficient (Wildman–Crippen LogP) is 4.73. The van der Waals surface area contributed by atoms with Crippen LogP contribution >= 0.6 is 11.8 Å². The Bertz CT molecular complexity index is 705. The highest BCUT2D eigenvalue weighted by Gasteiger charge is 2.24. The van der Waals surface area contributed by atoms with Crippen LogP contribution in [-0.2, 0) is 4.79 Å². The van der Waals surface area contributed by atoms with Crippen molar-refractivity contribution in [2.75, 3.05) is 12.4 Å². The number of hydrogen-bond acceptors (Lipinski definition) is 3. The first-order valence-electron chi connectivity index (χ1n) is 7.47. The van der Waals surface area contributed by atoms with Gasteiger partial charge in [0.2, 0.25) is 5.91 Å². The first kappa shape index (κ1) is 18.3. The molecule has 0 fully saturated rings. The van der Waals surface area contributed by atoms with Crippen LogP contribution in [0.5, 0.6) is 5.75 Å². The van der Waals surface area contributed by atoms with Crippen LogP contribution in [0.4, 0.5) is 14.5 Å². The second kappa shape index (κ2) is 8.15. The molecule has 2 aromatic carbocycles. The number of rotatable bonds is 6. The predicted molar refractivity (Wildman–Crippen MR) is 92.5 cm³/mol. The van der Waals surface area contributed by atoms with E-state index in [2.05, 4.69) is 5.32 Å². The second-order valence-electron chi connectivity index (χ2n) is 5.58. The summed E-state index contributed by atoms with van der Waals surface area (Å²) in [6.45, 7) is 3.82. The van der Waals surface area contributed by atoms with Gasteiger partial charge >= 0.3 is 0 Å². The fourth-order valence-corrected chi connectivity index (χ4v) is 3.13. The van der Waals surface area contributed by atoms with E-state index in [0.717, 1.165) is 12.1 Å². The van der Waals surface area contributed by atoms with E-state index in [1.807, 2.05) is 13.8 Å². The molecule has 0 radical (unpaired) electrons. The SMILES string of the molecule is COc1ccc(NC(=O)C(Sc2ccc(F)c(F)c2)C(C)C)cc1.